The molecule has 3 aliphatic heterocycles. The molecule has 0 radical (unpaired) electrons. The van der Waals surface area contributed by atoms with Gasteiger partial charge in [0, 0.05) is 26.0 Å². The Bertz CT molecular complexity index is 716. The van der Waals surface area contributed by atoms with Crippen molar-refractivity contribution in [1.82, 2.24) is 4.90 Å². The van der Waals surface area contributed by atoms with Crippen LogP contribution in [0.3, 0.4) is 0 Å². The second-order valence-corrected chi connectivity index (χ2v) is 13.6. The van der Waals surface area contributed by atoms with Gasteiger partial charge in [0.1, 0.15) is 0 Å². The number of rotatable bonds is 24. The number of ether oxygens (including phenoxy) is 2. The average Bonchev–Trinajstić information content (AvgIpc) is 2.93. The Morgan fingerprint density at radius 2 is 1.43 bits per heavy atom. The fraction of sp³-hybridized carbons (Fsp3) is 0.968. The Kier molecular flexibility index (Phi) is 18.2. The average molecular weight is 590 g/mol. The van der Waals surface area contributed by atoms with E-state index >= 15 is 0 Å². The highest BCUT2D eigenvalue weighted by Crippen LogP contribution is 2.48. The van der Waals surface area contributed by atoms with Gasteiger partial charge in [0.2, 0.25) is 0 Å². The molecule has 0 aromatic heterocycles. The lowest BCUT2D eigenvalue weighted by Gasteiger charge is -2.46. The number of hydrogen-bond donors (Lipinski definition) is 1. The molecule has 9 heteroatoms. The van der Waals surface area contributed by atoms with Gasteiger partial charge in [0.15, 0.2) is 6.10 Å². The van der Waals surface area contributed by atoms with Crippen LogP contribution in [0.4, 0.5) is 0 Å². The summed E-state index contributed by atoms with van der Waals surface area (Å²) < 4.78 is 34.8. The van der Waals surface area contributed by atoms with Crippen LogP contribution in [0, 0.1) is 11.8 Å². The molecule has 3 heterocycles. The van der Waals surface area contributed by atoms with Crippen LogP contribution in [0.2, 0.25) is 0 Å². The molecule has 5 atom stereocenters. The third kappa shape index (κ3) is 15.1. The highest BCUT2D eigenvalue weighted by atomic mass is 31.2. The van der Waals surface area contributed by atoms with Crippen molar-refractivity contribution in [2.75, 3.05) is 32.8 Å². The van der Waals surface area contributed by atoms with Gasteiger partial charge < -0.3 is 19.3 Å². The molecule has 0 amide bonds. The third-order valence-electron chi connectivity index (χ3n) is 8.73. The van der Waals surface area contributed by atoms with Crippen molar-refractivity contribution in [3.63, 3.8) is 0 Å². The summed E-state index contributed by atoms with van der Waals surface area (Å²) in [6, 6.07) is 0. The number of esters is 1. The van der Waals surface area contributed by atoms with Crippen LogP contribution < -0.4 is 0 Å². The van der Waals surface area contributed by atoms with Crippen molar-refractivity contribution in [3.05, 3.63) is 0 Å². The summed E-state index contributed by atoms with van der Waals surface area (Å²) in [6.45, 7) is 10.6. The van der Waals surface area contributed by atoms with E-state index in [1.54, 1.807) is 6.92 Å². The summed E-state index contributed by atoms with van der Waals surface area (Å²) in [7, 11) is -4.30. The van der Waals surface area contributed by atoms with E-state index < -0.39 is 26.0 Å². The second kappa shape index (κ2) is 20.4. The number of carbonyl (C=O) groups is 1. The molecule has 0 saturated carbocycles. The van der Waals surface area contributed by atoms with E-state index in [4.69, 9.17) is 18.5 Å². The van der Waals surface area contributed by atoms with Gasteiger partial charge in [-0.3, -0.25) is 13.8 Å². The third-order valence-corrected chi connectivity index (χ3v) is 9.80. The number of phosphoric ester groups is 1. The zero-order valence-corrected chi connectivity index (χ0v) is 26.9. The maximum atomic E-state index is 12.7. The summed E-state index contributed by atoms with van der Waals surface area (Å²) in [5.41, 5.74) is 0. The molecule has 0 aromatic carbocycles. The standard InChI is InChI=1S/C31H60NO7P/c1-5-6-7-8-9-10-11-12-13-14-15-16-17-18-23-36-27(3)31(38-28(4)33)25-37-40(34,35)39-26(2)30-24-32-21-19-29(30)20-22-32/h26-27,29-31H,5-25H2,1-4H3,(H,34,35). The van der Waals surface area contributed by atoms with Crippen molar-refractivity contribution < 1.29 is 32.8 Å². The fourth-order valence-electron chi connectivity index (χ4n) is 6.18. The highest BCUT2D eigenvalue weighted by Gasteiger charge is 2.40. The minimum Gasteiger partial charge on any atom is -0.457 e. The van der Waals surface area contributed by atoms with Crippen LogP contribution in [-0.2, 0) is 27.9 Å². The van der Waals surface area contributed by atoms with E-state index in [2.05, 4.69) is 11.8 Å². The Morgan fingerprint density at radius 3 is 1.90 bits per heavy atom. The molecule has 8 nitrogen and oxygen atoms in total. The second-order valence-electron chi connectivity index (χ2n) is 12.2. The molecule has 3 fully saturated rings. The molecule has 0 aromatic rings. The number of piperidine rings is 3. The first-order valence-electron chi connectivity index (χ1n) is 16.4. The quantitative estimate of drug-likeness (QED) is 0.0696. The number of phosphoric acid groups is 1. The molecule has 3 saturated heterocycles. The molecule has 0 aliphatic carbocycles. The van der Waals surface area contributed by atoms with Crippen LogP contribution in [-0.4, -0.2) is 66.9 Å². The van der Waals surface area contributed by atoms with Crippen LogP contribution in [0.5, 0.6) is 0 Å². The Balaban J connectivity index is 1.55. The highest BCUT2D eigenvalue weighted by molar-refractivity contribution is 7.47. The Hall–Kier alpha value is -0.500. The summed E-state index contributed by atoms with van der Waals surface area (Å²) in [5.74, 6) is 0.273. The molecule has 0 spiro atoms. The van der Waals surface area contributed by atoms with Crippen LogP contribution in [0.1, 0.15) is 130 Å². The molecule has 5 unspecified atom stereocenters. The molecule has 2 bridgehead atoms. The first kappa shape index (κ1) is 35.7. The largest absolute Gasteiger partial charge is 0.472 e. The first-order chi connectivity index (χ1) is 19.2. The zero-order chi connectivity index (χ0) is 29.2. The Labute approximate surface area is 244 Å². The van der Waals surface area contributed by atoms with Crippen LogP contribution in [0.15, 0.2) is 0 Å². The van der Waals surface area contributed by atoms with Gasteiger partial charge in [-0.15, -0.1) is 0 Å². The van der Waals surface area contributed by atoms with E-state index in [1.165, 1.54) is 84.0 Å². The van der Waals surface area contributed by atoms with Gasteiger partial charge >= 0.3 is 13.8 Å². The molecule has 3 aliphatic rings. The van der Waals surface area contributed by atoms with Gasteiger partial charge in [-0.1, -0.05) is 90.4 Å². The fourth-order valence-corrected chi connectivity index (χ4v) is 7.15. The van der Waals surface area contributed by atoms with E-state index in [1.807, 2.05) is 6.92 Å². The molecule has 40 heavy (non-hydrogen) atoms. The lowest BCUT2D eigenvalue weighted by molar-refractivity contribution is -0.157. The normalized spacial score (nSPS) is 24.4. The summed E-state index contributed by atoms with van der Waals surface area (Å²) >= 11 is 0. The van der Waals surface area contributed by atoms with Crippen molar-refractivity contribution in [2.24, 2.45) is 11.8 Å². The molecule has 236 valence electrons. The van der Waals surface area contributed by atoms with E-state index in [-0.39, 0.29) is 18.6 Å². The van der Waals surface area contributed by atoms with Gasteiger partial charge in [-0.25, -0.2) is 4.57 Å². The lowest BCUT2D eigenvalue weighted by atomic mass is 9.77. The van der Waals surface area contributed by atoms with E-state index in [9.17, 15) is 14.3 Å². The zero-order valence-electron chi connectivity index (χ0n) is 26.0. The maximum Gasteiger partial charge on any atom is 0.472 e. The smallest absolute Gasteiger partial charge is 0.457 e. The SMILES string of the molecule is CCCCCCCCCCCCCCCCOC(C)C(COP(=O)(O)OC(C)C1CN2CCC1CC2)OC(C)=O. The van der Waals surface area contributed by atoms with Crippen molar-refractivity contribution in [2.45, 2.75) is 149 Å². The van der Waals surface area contributed by atoms with Crippen LogP contribution >= 0.6 is 7.82 Å². The number of nitrogens with zero attached hydrogens (tertiary/aromatic N) is 1. The van der Waals surface area contributed by atoms with Crippen molar-refractivity contribution >= 4 is 13.8 Å². The van der Waals surface area contributed by atoms with E-state index in [0.717, 1.165) is 45.3 Å². The van der Waals surface area contributed by atoms with Crippen molar-refractivity contribution in [3.8, 4) is 0 Å². The Morgan fingerprint density at radius 1 is 0.900 bits per heavy atom. The molecule has 3 rings (SSSR count). The lowest BCUT2D eigenvalue weighted by Crippen LogP contribution is -2.51. The number of fused-ring (bicyclic) bond motifs is 3. The minimum atomic E-state index is -4.30. The minimum absolute atomic E-state index is 0.225. The van der Waals surface area contributed by atoms with Gasteiger partial charge in [0.25, 0.3) is 0 Å². The number of carbonyl (C=O) groups excluding carboxylic acids is 1. The van der Waals surface area contributed by atoms with Gasteiger partial charge in [0.05, 0.1) is 18.8 Å². The topological polar surface area (TPSA) is 94.5 Å². The summed E-state index contributed by atoms with van der Waals surface area (Å²) in [5, 5.41) is 0. The number of unbranched alkanes of at least 4 members (excludes halogenated alkanes) is 13. The van der Waals surface area contributed by atoms with E-state index in [0.29, 0.717) is 12.5 Å². The molecule has 1 N–H and O–H groups in total. The summed E-state index contributed by atoms with van der Waals surface area (Å²) in [6.07, 6.45) is 18.8. The monoisotopic (exact) mass is 589 g/mol. The number of hydrogen-bond acceptors (Lipinski definition) is 7. The summed E-state index contributed by atoms with van der Waals surface area (Å²) in [4.78, 5) is 24.4. The first-order valence-corrected chi connectivity index (χ1v) is 17.9. The van der Waals surface area contributed by atoms with Crippen LogP contribution in [0.25, 0.3) is 0 Å². The predicted octanol–water partition coefficient (Wildman–Crippen LogP) is 7.67. The molecular formula is C31H60NO7P. The van der Waals surface area contributed by atoms with Gasteiger partial charge in [-0.05, 0) is 52.1 Å². The maximum absolute atomic E-state index is 12.7. The van der Waals surface area contributed by atoms with Crippen molar-refractivity contribution in [1.29, 1.82) is 0 Å². The molecular weight excluding hydrogens is 529 g/mol. The van der Waals surface area contributed by atoms with Gasteiger partial charge in [-0.2, -0.15) is 0 Å². The predicted molar refractivity (Wildman–Crippen MR) is 160 cm³/mol.